The van der Waals surface area contributed by atoms with Crippen molar-refractivity contribution in [2.24, 2.45) is 5.10 Å². The number of nitrogens with zero attached hydrogens (tertiary/aromatic N) is 2. The summed E-state index contributed by atoms with van der Waals surface area (Å²) in [5.74, 6) is -0.651. The van der Waals surface area contributed by atoms with E-state index in [0.717, 1.165) is 19.1 Å². The Hall–Kier alpha value is -2.45. The highest BCUT2D eigenvalue weighted by molar-refractivity contribution is 7.71. The Morgan fingerprint density at radius 2 is 2.12 bits per heavy atom. The van der Waals surface area contributed by atoms with Gasteiger partial charge in [-0.15, -0.1) is 0 Å². The Morgan fingerprint density at radius 3 is 2.76 bits per heavy atom. The van der Waals surface area contributed by atoms with Crippen molar-refractivity contribution in [2.45, 2.75) is 26.2 Å². The lowest BCUT2D eigenvalue weighted by Crippen LogP contribution is -2.21. The molecule has 0 aliphatic rings. The number of benzene rings is 1. The minimum absolute atomic E-state index is 0.0222. The quantitative estimate of drug-likeness (QED) is 0.407. The van der Waals surface area contributed by atoms with Crippen LogP contribution in [0.4, 0.5) is 0 Å². The molecule has 0 aliphatic carbocycles. The molecule has 1 amide bonds. The van der Waals surface area contributed by atoms with Gasteiger partial charge in [0.1, 0.15) is 5.56 Å². The first-order chi connectivity index (χ1) is 11.9. The van der Waals surface area contributed by atoms with Crippen molar-refractivity contribution in [1.82, 2.24) is 15.0 Å². The maximum Gasteiger partial charge on any atom is 0.264 e. The van der Waals surface area contributed by atoms with Gasteiger partial charge < -0.3 is 5.11 Å². The number of aromatic amines is 1. The maximum absolute atomic E-state index is 12.0. The molecule has 1 aromatic carbocycles. The zero-order chi connectivity index (χ0) is 18.4. The topological polar surface area (TPSA) is 99.5 Å². The van der Waals surface area contributed by atoms with E-state index in [1.165, 1.54) is 4.57 Å². The van der Waals surface area contributed by atoms with Crippen LogP contribution < -0.4 is 11.0 Å². The second-order valence-corrected chi connectivity index (χ2v) is 6.03. The van der Waals surface area contributed by atoms with E-state index in [4.69, 9.17) is 23.8 Å². The third-order valence-corrected chi connectivity index (χ3v) is 3.88. The number of nitrogens with one attached hydrogen (secondary N) is 2. The fourth-order valence-electron chi connectivity index (χ4n) is 2.05. The molecule has 0 aliphatic heterocycles. The summed E-state index contributed by atoms with van der Waals surface area (Å²) in [5.41, 5.74) is 2.10. The van der Waals surface area contributed by atoms with Crippen molar-refractivity contribution in [2.75, 3.05) is 0 Å². The number of hydrazone groups is 1. The third kappa shape index (κ3) is 4.77. The second kappa shape index (κ2) is 8.59. The van der Waals surface area contributed by atoms with Crippen LogP contribution in [0.15, 0.2) is 34.2 Å². The predicted octanol–water partition coefficient (Wildman–Crippen LogP) is 2.89. The summed E-state index contributed by atoms with van der Waals surface area (Å²) in [6.07, 6.45) is 3.05. The van der Waals surface area contributed by atoms with Crippen LogP contribution in [0, 0.1) is 4.77 Å². The molecule has 3 N–H and O–H groups in total. The molecule has 9 heteroatoms. The Bertz CT molecular complexity index is 903. The van der Waals surface area contributed by atoms with Crippen LogP contribution in [0.3, 0.4) is 0 Å². The maximum atomic E-state index is 12.0. The highest BCUT2D eigenvalue weighted by Gasteiger charge is 2.12. The van der Waals surface area contributed by atoms with Crippen LogP contribution in [0.5, 0.6) is 5.88 Å². The van der Waals surface area contributed by atoms with Crippen LogP contribution in [0.2, 0.25) is 5.02 Å². The molecule has 0 saturated carbocycles. The molecule has 0 bridgehead atoms. The van der Waals surface area contributed by atoms with Gasteiger partial charge in [0.25, 0.3) is 5.56 Å². The fourth-order valence-corrected chi connectivity index (χ4v) is 2.46. The van der Waals surface area contributed by atoms with Gasteiger partial charge in [0.2, 0.25) is 11.8 Å². The molecule has 0 unspecified atom stereocenters. The molecule has 0 fully saturated rings. The van der Waals surface area contributed by atoms with E-state index in [2.05, 4.69) is 15.5 Å². The van der Waals surface area contributed by atoms with Crippen LogP contribution in [-0.2, 0) is 4.79 Å². The smallest absolute Gasteiger partial charge is 0.264 e. The predicted molar refractivity (Wildman–Crippen MR) is 99.2 cm³/mol. The van der Waals surface area contributed by atoms with Crippen LogP contribution in [-0.4, -0.2) is 26.8 Å². The normalized spacial score (nSPS) is 11.0. The van der Waals surface area contributed by atoms with Gasteiger partial charge in [0, 0.05) is 11.4 Å². The molecule has 0 spiro atoms. The molecular formula is C16H17ClN4O3S. The van der Waals surface area contributed by atoms with Crippen LogP contribution in [0.1, 0.15) is 31.7 Å². The summed E-state index contributed by atoms with van der Waals surface area (Å²) < 4.78 is 1.29. The lowest BCUT2D eigenvalue weighted by Gasteiger charge is -2.11. The molecule has 0 saturated heterocycles. The van der Waals surface area contributed by atoms with Gasteiger partial charge in [0.15, 0.2) is 4.77 Å². The molecule has 0 radical (unpaired) electrons. The number of carbonyl (C=O) groups is 1. The molecule has 0 atom stereocenters. The van der Waals surface area contributed by atoms with E-state index in [1.807, 2.05) is 6.92 Å². The first-order valence-corrected chi connectivity index (χ1v) is 8.38. The molecule has 25 heavy (non-hydrogen) atoms. The van der Waals surface area contributed by atoms with E-state index in [9.17, 15) is 14.7 Å². The largest absolute Gasteiger partial charge is 0.494 e. The number of halogens is 1. The number of hydrogen-bond acceptors (Lipinski definition) is 5. The number of aromatic nitrogens is 2. The van der Waals surface area contributed by atoms with Gasteiger partial charge >= 0.3 is 0 Å². The summed E-state index contributed by atoms with van der Waals surface area (Å²) in [7, 11) is 0. The zero-order valence-corrected chi connectivity index (χ0v) is 15.0. The molecule has 1 aromatic heterocycles. The van der Waals surface area contributed by atoms with Crippen molar-refractivity contribution < 1.29 is 9.90 Å². The van der Waals surface area contributed by atoms with Crippen LogP contribution in [0.25, 0.3) is 5.69 Å². The van der Waals surface area contributed by atoms with E-state index in [1.54, 1.807) is 24.3 Å². The Labute approximate surface area is 154 Å². The number of hydrogen-bond donors (Lipinski definition) is 3. The van der Waals surface area contributed by atoms with Crippen molar-refractivity contribution in [3.63, 3.8) is 0 Å². The van der Waals surface area contributed by atoms with Gasteiger partial charge in [-0.3, -0.25) is 19.1 Å². The van der Waals surface area contributed by atoms with Gasteiger partial charge in [-0.25, -0.2) is 5.43 Å². The first kappa shape index (κ1) is 18.9. The average molecular weight is 381 g/mol. The van der Waals surface area contributed by atoms with Gasteiger partial charge in [0.05, 0.1) is 11.9 Å². The van der Waals surface area contributed by atoms with Crippen molar-refractivity contribution >= 4 is 35.9 Å². The highest BCUT2D eigenvalue weighted by atomic mass is 35.5. The molecule has 132 valence electrons. The minimum Gasteiger partial charge on any atom is -0.494 e. The first-order valence-electron chi connectivity index (χ1n) is 7.60. The summed E-state index contributed by atoms with van der Waals surface area (Å²) >= 11 is 11.0. The molecule has 2 rings (SSSR count). The molecular weight excluding hydrogens is 364 g/mol. The minimum atomic E-state index is -0.612. The number of carbonyl (C=O) groups excluding carboxylic acids is 1. The Balaban J connectivity index is 2.35. The van der Waals surface area contributed by atoms with E-state index < -0.39 is 5.56 Å². The van der Waals surface area contributed by atoms with E-state index in [-0.39, 0.29) is 22.1 Å². The van der Waals surface area contributed by atoms with Crippen LogP contribution >= 0.6 is 23.8 Å². The van der Waals surface area contributed by atoms with E-state index in [0.29, 0.717) is 17.1 Å². The summed E-state index contributed by atoms with van der Waals surface area (Å²) in [6, 6.07) is 6.54. The van der Waals surface area contributed by atoms with Gasteiger partial charge in [-0.05, 0) is 42.9 Å². The second-order valence-electron chi connectivity index (χ2n) is 5.21. The van der Waals surface area contributed by atoms with Crippen molar-refractivity contribution in [3.8, 4) is 11.6 Å². The number of unbranched alkanes of at least 4 members (excludes halogenated alkanes) is 1. The number of H-pyrrole nitrogens is 1. The number of amides is 1. The summed E-state index contributed by atoms with van der Waals surface area (Å²) in [6.45, 7) is 1.97. The van der Waals surface area contributed by atoms with Crippen molar-refractivity contribution in [1.29, 1.82) is 0 Å². The number of aromatic hydroxyl groups is 1. The van der Waals surface area contributed by atoms with Gasteiger partial charge in [-0.1, -0.05) is 24.9 Å². The van der Waals surface area contributed by atoms with Gasteiger partial charge in [-0.2, -0.15) is 5.10 Å². The third-order valence-electron chi connectivity index (χ3n) is 3.35. The summed E-state index contributed by atoms with van der Waals surface area (Å²) in [5, 5.41) is 14.7. The lowest BCUT2D eigenvalue weighted by atomic mass is 10.2. The lowest BCUT2D eigenvalue weighted by molar-refractivity contribution is -0.121. The SMILES string of the molecule is CCCCC(=O)NN=Cc1c(O)n(-c2ccc(Cl)cc2)c(=S)[nH]c1=O. The monoisotopic (exact) mass is 380 g/mol. The molecule has 7 nitrogen and oxygen atoms in total. The number of rotatable bonds is 6. The Kier molecular flexibility index (Phi) is 6.49. The highest BCUT2D eigenvalue weighted by Crippen LogP contribution is 2.20. The molecule has 1 heterocycles. The summed E-state index contributed by atoms with van der Waals surface area (Å²) in [4.78, 5) is 26.0. The molecule has 2 aromatic rings. The van der Waals surface area contributed by atoms with Crippen molar-refractivity contribution in [3.05, 3.63) is 50.0 Å². The average Bonchev–Trinajstić information content (AvgIpc) is 2.57. The zero-order valence-electron chi connectivity index (χ0n) is 13.5. The standard InChI is InChI=1S/C16H17ClN4O3S/c1-2-3-4-13(22)20-18-9-12-14(23)19-16(25)21(15(12)24)11-7-5-10(17)6-8-11/h5-9,24H,2-4H2,1H3,(H,20,22)(H,19,23,25). The Morgan fingerprint density at radius 1 is 1.44 bits per heavy atom. The fraction of sp³-hybridized carbons (Fsp3) is 0.250. The van der Waals surface area contributed by atoms with E-state index >= 15 is 0 Å².